The first-order chi connectivity index (χ1) is 13.0. The summed E-state index contributed by atoms with van der Waals surface area (Å²) in [5.41, 5.74) is 2.66. The largest absolute Gasteiger partial charge is 0.497 e. The molecule has 0 radical (unpaired) electrons. The second-order valence-corrected chi connectivity index (χ2v) is 6.95. The summed E-state index contributed by atoms with van der Waals surface area (Å²) in [4.78, 5) is 11.7. The maximum absolute atomic E-state index is 13.6. The van der Waals surface area contributed by atoms with Crippen molar-refractivity contribution in [2.75, 3.05) is 25.5 Å². The van der Waals surface area contributed by atoms with Crippen LogP contribution in [0.15, 0.2) is 42.5 Å². The third-order valence-corrected chi connectivity index (χ3v) is 5.04. The highest BCUT2D eigenvalue weighted by molar-refractivity contribution is 5.85. The van der Waals surface area contributed by atoms with E-state index in [9.17, 15) is 14.3 Å². The number of hydrogen-bond donors (Lipinski definition) is 3. The van der Waals surface area contributed by atoms with E-state index >= 15 is 0 Å². The molecular weight excluding hydrogens is 418 g/mol. The number of carboxylic acid groups (broad SMARTS) is 1. The molecule has 0 amide bonds. The quantitative estimate of drug-likeness (QED) is 0.570. The number of carbonyl (C=O) groups is 1. The lowest BCUT2D eigenvalue weighted by Gasteiger charge is -2.19. The first-order valence-electron chi connectivity index (χ1n) is 9.15. The summed E-state index contributed by atoms with van der Waals surface area (Å²) in [6.45, 7) is 2.16. The van der Waals surface area contributed by atoms with E-state index < -0.39 is 5.97 Å². The van der Waals surface area contributed by atoms with Crippen LogP contribution in [0, 0.1) is 17.7 Å². The predicted octanol–water partition coefficient (Wildman–Crippen LogP) is 4.14. The van der Waals surface area contributed by atoms with Crippen molar-refractivity contribution in [3.63, 3.8) is 0 Å². The van der Waals surface area contributed by atoms with E-state index in [0.717, 1.165) is 30.6 Å². The van der Waals surface area contributed by atoms with Gasteiger partial charge in [-0.05, 0) is 49.0 Å². The van der Waals surface area contributed by atoms with Gasteiger partial charge in [-0.2, -0.15) is 0 Å². The summed E-state index contributed by atoms with van der Waals surface area (Å²) < 4.78 is 18.7. The van der Waals surface area contributed by atoms with Crippen molar-refractivity contribution in [3.05, 3.63) is 59.4 Å². The number of aliphatic carboxylic acids is 1. The fourth-order valence-electron chi connectivity index (χ4n) is 3.58. The van der Waals surface area contributed by atoms with E-state index in [1.165, 1.54) is 19.2 Å². The Morgan fingerprint density at radius 2 is 2.03 bits per heavy atom. The first kappa shape index (κ1) is 25.0. The zero-order valence-corrected chi connectivity index (χ0v) is 17.8. The fourth-order valence-corrected chi connectivity index (χ4v) is 3.58. The van der Waals surface area contributed by atoms with Crippen molar-refractivity contribution in [1.82, 2.24) is 5.32 Å². The Hall–Kier alpha value is -2.02. The molecule has 1 saturated heterocycles. The van der Waals surface area contributed by atoms with Crippen LogP contribution in [-0.2, 0) is 17.8 Å². The van der Waals surface area contributed by atoms with E-state index in [-0.39, 0.29) is 42.5 Å². The number of methoxy groups -OCH3 is 1. The molecule has 0 bridgehead atoms. The van der Waals surface area contributed by atoms with Crippen LogP contribution < -0.4 is 15.4 Å². The summed E-state index contributed by atoms with van der Waals surface area (Å²) in [6, 6.07) is 12.4. The summed E-state index contributed by atoms with van der Waals surface area (Å²) in [7, 11) is 1.50. The van der Waals surface area contributed by atoms with Crippen molar-refractivity contribution in [3.8, 4) is 5.75 Å². The zero-order chi connectivity index (χ0) is 19.2. The Labute approximate surface area is 182 Å². The van der Waals surface area contributed by atoms with Gasteiger partial charge in [-0.25, -0.2) is 4.39 Å². The number of halogens is 3. The van der Waals surface area contributed by atoms with Gasteiger partial charge in [0, 0.05) is 24.4 Å². The van der Waals surface area contributed by atoms with Crippen LogP contribution in [0.2, 0.25) is 0 Å². The average Bonchev–Trinajstić information content (AvgIpc) is 3.18. The van der Waals surface area contributed by atoms with Gasteiger partial charge in [0.25, 0.3) is 0 Å². The normalized spacial score (nSPS) is 16.3. The number of carboxylic acids is 1. The van der Waals surface area contributed by atoms with Gasteiger partial charge < -0.3 is 20.5 Å². The van der Waals surface area contributed by atoms with Gasteiger partial charge in [-0.1, -0.05) is 24.3 Å². The minimum Gasteiger partial charge on any atom is -0.497 e. The summed E-state index contributed by atoms with van der Waals surface area (Å²) in [5, 5.41) is 16.0. The molecule has 1 aliphatic heterocycles. The van der Waals surface area contributed by atoms with Crippen LogP contribution in [0.5, 0.6) is 5.75 Å². The van der Waals surface area contributed by atoms with E-state index in [0.29, 0.717) is 24.4 Å². The summed E-state index contributed by atoms with van der Waals surface area (Å²) in [6.07, 6.45) is 1.42. The Kier molecular flexibility index (Phi) is 10.2. The van der Waals surface area contributed by atoms with Crippen LogP contribution in [0.3, 0.4) is 0 Å². The molecule has 8 heteroatoms. The van der Waals surface area contributed by atoms with Crippen LogP contribution in [0.4, 0.5) is 10.1 Å². The second kappa shape index (κ2) is 11.9. The molecule has 3 rings (SSSR count). The SMILES string of the molecule is COc1cc(F)cc(NCc2cccc(C[C@H](C(=O)O)[C@H]3CCNC3)c2)c1.Cl.Cl. The molecular formula is C21H27Cl2FN2O3. The van der Waals surface area contributed by atoms with Crippen molar-refractivity contribution >= 4 is 36.5 Å². The molecule has 1 aliphatic rings. The molecule has 1 heterocycles. The molecule has 5 nitrogen and oxygen atoms in total. The predicted molar refractivity (Wildman–Crippen MR) is 117 cm³/mol. The molecule has 0 saturated carbocycles. The van der Waals surface area contributed by atoms with Gasteiger partial charge in [0.05, 0.1) is 13.0 Å². The topological polar surface area (TPSA) is 70.6 Å². The van der Waals surface area contributed by atoms with Crippen molar-refractivity contribution in [2.45, 2.75) is 19.4 Å². The molecule has 2 atom stereocenters. The molecule has 2 aromatic carbocycles. The molecule has 1 fully saturated rings. The minimum atomic E-state index is -0.737. The van der Waals surface area contributed by atoms with E-state index in [2.05, 4.69) is 10.6 Å². The molecule has 0 aromatic heterocycles. The second-order valence-electron chi connectivity index (χ2n) is 6.95. The van der Waals surface area contributed by atoms with Crippen LogP contribution >= 0.6 is 24.8 Å². The Morgan fingerprint density at radius 3 is 2.69 bits per heavy atom. The van der Waals surface area contributed by atoms with Crippen LogP contribution in [-0.4, -0.2) is 31.3 Å². The van der Waals surface area contributed by atoms with Crippen LogP contribution in [0.1, 0.15) is 17.5 Å². The molecule has 0 spiro atoms. The number of hydrogen-bond acceptors (Lipinski definition) is 4. The zero-order valence-electron chi connectivity index (χ0n) is 16.2. The number of rotatable bonds is 8. The highest BCUT2D eigenvalue weighted by Crippen LogP contribution is 2.24. The fraction of sp³-hybridized carbons (Fsp3) is 0.381. The summed E-state index contributed by atoms with van der Waals surface area (Å²) >= 11 is 0. The standard InChI is InChI=1S/C21H25FN2O3.2ClH/c1-27-19-10-17(22)9-18(11-19)24-12-15-4-2-3-14(7-15)8-20(21(25)26)16-5-6-23-13-16;;/h2-4,7,9-11,16,20,23-24H,5-6,8,12-13H2,1H3,(H,25,26);2*1H/t16-,20-;;/m0../s1. The van der Waals surface area contributed by atoms with E-state index in [1.807, 2.05) is 24.3 Å². The lowest BCUT2D eigenvalue weighted by atomic mass is 9.86. The van der Waals surface area contributed by atoms with Gasteiger partial charge in [-0.15, -0.1) is 24.8 Å². The van der Waals surface area contributed by atoms with E-state index in [4.69, 9.17) is 4.74 Å². The minimum absolute atomic E-state index is 0. The van der Waals surface area contributed by atoms with Crippen LogP contribution in [0.25, 0.3) is 0 Å². The Bertz CT molecular complexity index is 801. The number of nitrogens with one attached hydrogen (secondary N) is 2. The van der Waals surface area contributed by atoms with Crippen molar-refractivity contribution in [1.29, 1.82) is 0 Å². The first-order valence-corrected chi connectivity index (χ1v) is 9.15. The lowest BCUT2D eigenvalue weighted by Crippen LogP contribution is -2.27. The van der Waals surface area contributed by atoms with Gasteiger partial charge in [0.2, 0.25) is 0 Å². The van der Waals surface area contributed by atoms with Crippen molar-refractivity contribution in [2.24, 2.45) is 11.8 Å². The van der Waals surface area contributed by atoms with Gasteiger partial charge in [-0.3, -0.25) is 4.79 Å². The number of ether oxygens (including phenoxy) is 1. The molecule has 29 heavy (non-hydrogen) atoms. The smallest absolute Gasteiger partial charge is 0.307 e. The molecule has 2 aromatic rings. The number of anilines is 1. The highest BCUT2D eigenvalue weighted by Gasteiger charge is 2.30. The van der Waals surface area contributed by atoms with Gasteiger partial charge in [0.1, 0.15) is 11.6 Å². The third-order valence-electron chi connectivity index (χ3n) is 5.04. The molecule has 0 unspecified atom stereocenters. The van der Waals surface area contributed by atoms with E-state index in [1.54, 1.807) is 6.07 Å². The Balaban J connectivity index is 0.00000210. The van der Waals surface area contributed by atoms with Gasteiger partial charge in [0.15, 0.2) is 0 Å². The highest BCUT2D eigenvalue weighted by atomic mass is 35.5. The summed E-state index contributed by atoms with van der Waals surface area (Å²) in [5.74, 6) is -0.848. The Morgan fingerprint density at radius 1 is 1.28 bits per heavy atom. The number of benzene rings is 2. The maximum atomic E-state index is 13.6. The molecule has 3 N–H and O–H groups in total. The van der Waals surface area contributed by atoms with Crippen molar-refractivity contribution < 1.29 is 19.0 Å². The lowest BCUT2D eigenvalue weighted by molar-refractivity contribution is -0.143. The molecule has 0 aliphatic carbocycles. The average molecular weight is 445 g/mol. The monoisotopic (exact) mass is 444 g/mol. The third kappa shape index (κ3) is 7.07. The van der Waals surface area contributed by atoms with Gasteiger partial charge >= 0.3 is 5.97 Å². The maximum Gasteiger partial charge on any atom is 0.307 e. The molecule has 160 valence electrons.